The first-order chi connectivity index (χ1) is 9.09. The predicted octanol–water partition coefficient (Wildman–Crippen LogP) is 2.60. The Labute approximate surface area is 113 Å². The average molecular weight is 278 g/mol. The molecule has 19 heavy (non-hydrogen) atoms. The molecular formula is C12H9ClFN5. The van der Waals surface area contributed by atoms with Gasteiger partial charge >= 0.3 is 0 Å². The van der Waals surface area contributed by atoms with Crippen LogP contribution in [0.15, 0.2) is 18.5 Å². The van der Waals surface area contributed by atoms with Gasteiger partial charge in [-0.25, -0.2) is 4.39 Å². The zero-order valence-electron chi connectivity index (χ0n) is 10.2. The number of halogens is 2. The summed E-state index contributed by atoms with van der Waals surface area (Å²) in [5, 5.41) is 12.6. The van der Waals surface area contributed by atoms with Crippen molar-refractivity contribution in [3.05, 3.63) is 40.6 Å². The SMILES string of the molecule is Cc1c(Cl)nn2c(-c3ccncc3F)nnc2c1C. The molecule has 3 heterocycles. The largest absolute Gasteiger partial charge is 0.262 e. The standard InChI is InChI=1S/C12H9ClFN5/c1-6-7(2)11-16-17-12(19(11)18-10(6)13)8-3-4-15-5-9(8)14/h3-5H,1-2H3. The van der Waals surface area contributed by atoms with Crippen molar-refractivity contribution in [2.24, 2.45) is 0 Å². The molecule has 96 valence electrons. The van der Waals surface area contributed by atoms with E-state index >= 15 is 0 Å². The molecule has 5 nitrogen and oxygen atoms in total. The lowest BCUT2D eigenvalue weighted by Crippen LogP contribution is -2.01. The molecule has 0 aliphatic carbocycles. The maximum atomic E-state index is 13.8. The molecule has 0 bridgehead atoms. The molecule has 3 aromatic rings. The number of fused-ring (bicyclic) bond motifs is 1. The molecule has 3 rings (SSSR count). The monoisotopic (exact) mass is 277 g/mol. The van der Waals surface area contributed by atoms with Crippen molar-refractivity contribution in [3.63, 3.8) is 0 Å². The van der Waals surface area contributed by atoms with Crippen LogP contribution in [0.25, 0.3) is 17.0 Å². The minimum atomic E-state index is -0.479. The molecule has 0 aliphatic heterocycles. The van der Waals surface area contributed by atoms with Gasteiger partial charge in [0.2, 0.25) is 0 Å². The molecule has 0 aliphatic rings. The van der Waals surface area contributed by atoms with Crippen LogP contribution in [0.3, 0.4) is 0 Å². The molecule has 0 radical (unpaired) electrons. The summed E-state index contributed by atoms with van der Waals surface area (Å²) in [4.78, 5) is 3.71. The minimum Gasteiger partial charge on any atom is -0.262 e. The smallest absolute Gasteiger partial charge is 0.188 e. The van der Waals surface area contributed by atoms with Crippen LogP contribution in [0, 0.1) is 19.7 Å². The maximum Gasteiger partial charge on any atom is 0.188 e. The molecule has 0 aromatic carbocycles. The van der Waals surface area contributed by atoms with Crippen LogP contribution in [0.1, 0.15) is 11.1 Å². The van der Waals surface area contributed by atoms with Crippen molar-refractivity contribution in [2.75, 3.05) is 0 Å². The quantitative estimate of drug-likeness (QED) is 0.686. The molecular weight excluding hydrogens is 269 g/mol. The summed E-state index contributed by atoms with van der Waals surface area (Å²) in [5.41, 5.74) is 2.55. The van der Waals surface area contributed by atoms with E-state index < -0.39 is 5.82 Å². The number of hydrogen-bond donors (Lipinski definition) is 0. The van der Waals surface area contributed by atoms with Gasteiger partial charge in [0.15, 0.2) is 22.4 Å². The second-order valence-corrected chi connectivity index (χ2v) is 4.51. The van der Waals surface area contributed by atoms with Gasteiger partial charge in [0.05, 0.1) is 11.8 Å². The fourth-order valence-electron chi connectivity index (χ4n) is 1.82. The summed E-state index contributed by atoms with van der Waals surface area (Å²) < 4.78 is 15.2. The van der Waals surface area contributed by atoms with Crippen LogP contribution in [-0.2, 0) is 0 Å². The normalized spacial score (nSPS) is 11.2. The Balaban J connectivity index is 2.36. The molecule has 7 heteroatoms. The van der Waals surface area contributed by atoms with Crippen LogP contribution in [0.4, 0.5) is 4.39 Å². The van der Waals surface area contributed by atoms with E-state index in [0.717, 1.165) is 17.3 Å². The third-order valence-corrected chi connectivity index (χ3v) is 3.41. The van der Waals surface area contributed by atoms with Gasteiger partial charge < -0.3 is 0 Å². The second kappa shape index (κ2) is 4.24. The number of rotatable bonds is 1. The predicted molar refractivity (Wildman–Crippen MR) is 68.5 cm³/mol. The third-order valence-electron chi connectivity index (χ3n) is 3.05. The summed E-state index contributed by atoms with van der Waals surface area (Å²) in [6, 6.07) is 1.52. The van der Waals surface area contributed by atoms with E-state index in [9.17, 15) is 4.39 Å². The topological polar surface area (TPSA) is 56.0 Å². The highest BCUT2D eigenvalue weighted by atomic mass is 35.5. The van der Waals surface area contributed by atoms with Crippen molar-refractivity contribution in [3.8, 4) is 11.4 Å². The highest BCUT2D eigenvalue weighted by Crippen LogP contribution is 2.24. The van der Waals surface area contributed by atoms with E-state index in [2.05, 4.69) is 20.3 Å². The van der Waals surface area contributed by atoms with Gasteiger partial charge in [-0.15, -0.1) is 10.2 Å². The van der Waals surface area contributed by atoms with E-state index in [4.69, 9.17) is 11.6 Å². The summed E-state index contributed by atoms with van der Waals surface area (Å²) >= 11 is 6.06. The fraction of sp³-hybridized carbons (Fsp3) is 0.167. The lowest BCUT2D eigenvalue weighted by Gasteiger charge is -2.05. The van der Waals surface area contributed by atoms with Crippen LogP contribution < -0.4 is 0 Å². The van der Waals surface area contributed by atoms with Gasteiger partial charge in [0, 0.05) is 11.8 Å². The van der Waals surface area contributed by atoms with E-state index in [1.807, 2.05) is 13.8 Å². The minimum absolute atomic E-state index is 0.286. The van der Waals surface area contributed by atoms with Crippen LogP contribution >= 0.6 is 11.6 Å². The van der Waals surface area contributed by atoms with Crippen molar-refractivity contribution >= 4 is 17.2 Å². The first-order valence-corrected chi connectivity index (χ1v) is 5.95. The van der Waals surface area contributed by atoms with E-state index in [1.54, 1.807) is 0 Å². The molecule has 0 fully saturated rings. The first-order valence-electron chi connectivity index (χ1n) is 5.57. The molecule has 0 N–H and O–H groups in total. The van der Waals surface area contributed by atoms with Crippen molar-refractivity contribution in [1.29, 1.82) is 0 Å². The Bertz CT molecular complexity index is 783. The Morgan fingerprint density at radius 2 is 2.00 bits per heavy atom. The highest BCUT2D eigenvalue weighted by molar-refractivity contribution is 6.30. The van der Waals surface area contributed by atoms with Crippen molar-refractivity contribution in [1.82, 2.24) is 24.8 Å². The maximum absolute atomic E-state index is 13.8. The molecule has 0 amide bonds. The van der Waals surface area contributed by atoms with Crippen molar-refractivity contribution in [2.45, 2.75) is 13.8 Å². The van der Waals surface area contributed by atoms with Gasteiger partial charge in [0.25, 0.3) is 0 Å². The van der Waals surface area contributed by atoms with E-state index in [-0.39, 0.29) is 5.56 Å². The van der Waals surface area contributed by atoms with Crippen LogP contribution in [0.2, 0.25) is 5.15 Å². The van der Waals surface area contributed by atoms with Crippen molar-refractivity contribution < 1.29 is 4.39 Å². The second-order valence-electron chi connectivity index (χ2n) is 4.16. The van der Waals surface area contributed by atoms with Crippen LogP contribution in [-0.4, -0.2) is 24.8 Å². The Kier molecular flexibility index (Phi) is 2.67. The summed E-state index contributed by atoms with van der Waals surface area (Å²) in [5.74, 6) is -0.173. The molecule has 0 saturated carbocycles. The van der Waals surface area contributed by atoms with Gasteiger partial charge in [-0.3, -0.25) is 4.98 Å². The first kappa shape index (κ1) is 12.0. The Hall–Kier alpha value is -2.08. The fourth-order valence-corrected chi connectivity index (χ4v) is 2.04. The van der Waals surface area contributed by atoms with E-state index in [0.29, 0.717) is 16.6 Å². The number of aromatic nitrogens is 5. The molecule has 0 saturated heterocycles. The summed E-state index contributed by atoms with van der Waals surface area (Å²) in [6.07, 6.45) is 2.61. The molecule has 3 aromatic heterocycles. The van der Waals surface area contributed by atoms with E-state index in [1.165, 1.54) is 16.8 Å². The number of pyridine rings is 1. The van der Waals surface area contributed by atoms with Gasteiger partial charge in [-0.05, 0) is 25.5 Å². The lowest BCUT2D eigenvalue weighted by molar-refractivity contribution is 0.622. The number of aryl methyl sites for hydroxylation is 1. The number of hydrogen-bond acceptors (Lipinski definition) is 4. The summed E-state index contributed by atoms with van der Waals surface area (Å²) in [6.45, 7) is 3.73. The average Bonchev–Trinajstić information content (AvgIpc) is 2.80. The molecule has 0 unspecified atom stereocenters. The Morgan fingerprint density at radius 1 is 1.21 bits per heavy atom. The van der Waals surface area contributed by atoms with Gasteiger partial charge in [0.1, 0.15) is 0 Å². The van der Waals surface area contributed by atoms with Gasteiger partial charge in [-0.1, -0.05) is 11.6 Å². The molecule has 0 atom stereocenters. The zero-order chi connectivity index (χ0) is 13.6. The number of nitrogens with zero attached hydrogens (tertiary/aromatic N) is 5. The highest BCUT2D eigenvalue weighted by Gasteiger charge is 2.17. The summed E-state index contributed by atoms with van der Waals surface area (Å²) in [7, 11) is 0. The van der Waals surface area contributed by atoms with Gasteiger partial charge in [-0.2, -0.15) is 9.61 Å². The lowest BCUT2D eigenvalue weighted by atomic mass is 10.2. The third kappa shape index (κ3) is 1.76. The Morgan fingerprint density at radius 3 is 2.74 bits per heavy atom. The zero-order valence-corrected chi connectivity index (χ0v) is 11.0. The molecule has 0 spiro atoms. The van der Waals surface area contributed by atoms with Crippen LogP contribution in [0.5, 0.6) is 0 Å².